The summed E-state index contributed by atoms with van der Waals surface area (Å²) in [5.41, 5.74) is 14.9. The molecule has 2 aliphatic carbocycles. The molecule has 4 aromatic carbocycles. The zero-order valence-corrected chi connectivity index (χ0v) is 37.6. The minimum atomic E-state index is -1.10. The third-order valence-electron chi connectivity index (χ3n) is 11.4. The van der Waals surface area contributed by atoms with E-state index in [1.54, 1.807) is 11.1 Å². The van der Waals surface area contributed by atoms with E-state index in [0.29, 0.717) is 7.25 Å². The van der Waals surface area contributed by atoms with Crippen molar-refractivity contribution in [1.29, 1.82) is 0 Å². The summed E-state index contributed by atoms with van der Waals surface area (Å²) in [6.07, 6.45) is 10.5. The maximum atomic E-state index is 2.75. The van der Waals surface area contributed by atoms with Crippen LogP contribution in [-0.2, 0) is 23.2 Å². The van der Waals surface area contributed by atoms with Crippen LogP contribution in [0.15, 0.2) is 108 Å². The first kappa shape index (κ1) is 42.4. The van der Waals surface area contributed by atoms with E-state index in [2.05, 4.69) is 165 Å². The molecule has 2 aliphatic rings. The first-order valence-electron chi connectivity index (χ1n) is 18.9. The Morgan fingerprint density at radius 3 is 1.12 bits per heavy atom. The monoisotopic (exact) mass is 830 g/mol. The Morgan fingerprint density at radius 2 is 0.804 bits per heavy atom. The molecule has 4 aromatic rings. The number of hydrogen-bond acceptors (Lipinski definition) is 0. The fourth-order valence-corrected chi connectivity index (χ4v) is 22.2. The van der Waals surface area contributed by atoms with Crippen LogP contribution in [0, 0.1) is 0 Å². The van der Waals surface area contributed by atoms with E-state index in [1.165, 1.54) is 59.1 Å². The SMILES string of the molecule is CCC(C)P(C1=Cc2c(-c3ccccc3)cccc2[CH]1[Zr+2][CH]1C(P(C(C)CC)C(C)CC)=Cc2c(-c3ccccc3)cccc21)C(C)CC.[Cl-].[Cl-]. The first-order valence-corrected chi connectivity index (χ1v) is 24.7. The van der Waals surface area contributed by atoms with Crippen LogP contribution < -0.4 is 24.8 Å². The van der Waals surface area contributed by atoms with Crippen molar-refractivity contribution in [2.75, 3.05) is 0 Å². The van der Waals surface area contributed by atoms with Crippen LogP contribution in [0.1, 0.15) is 111 Å². The molecule has 0 aliphatic heterocycles. The average Bonchev–Trinajstić information content (AvgIpc) is 3.70. The molecular formula is C46H56Cl2P2Zr. The molecule has 0 fully saturated rings. The second-order valence-corrected chi connectivity index (χ2v) is 24.2. The van der Waals surface area contributed by atoms with E-state index >= 15 is 0 Å². The molecule has 0 nitrogen and oxygen atoms in total. The minimum Gasteiger partial charge on any atom is -1.00 e. The molecule has 6 unspecified atom stereocenters. The molecule has 0 spiro atoms. The van der Waals surface area contributed by atoms with Gasteiger partial charge in [-0.2, -0.15) is 0 Å². The predicted octanol–water partition coefficient (Wildman–Crippen LogP) is 8.76. The molecule has 0 heterocycles. The van der Waals surface area contributed by atoms with Crippen molar-refractivity contribution < 1.29 is 48.0 Å². The van der Waals surface area contributed by atoms with Gasteiger partial charge in [0.1, 0.15) is 0 Å². The summed E-state index contributed by atoms with van der Waals surface area (Å²) in [5, 5.41) is 3.68. The second-order valence-electron chi connectivity index (χ2n) is 14.4. The second kappa shape index (κ2) is 19.3. The topological polar surface area (TPSA) is 0 Å². The van der Waals surface area contributed by atoms with Crippen LogP contribution >= 0.6 is 15.8 Å². The van der Waals surface area contributed by atoms with Crippen LogP contribution in [0.5, 0.6) is 0 Å². The molecule has 5 heteroatoms. The predicted molar refractivity (Wildman–Crippen MR) is 218 cm³/mol. The third kappa shape index (κ3) is 8.66. The van der Waals surface area contributed by atoms with E-state index in [-0.39, 0.29) is 40.7 Å². The van der Waals surface area contributed by atoms with Gasteiger partial charge >= 0.3 is 314 Å². The van der Waals surface area contributed by atoms with Gasteiger partial charge in [0.05, 0.1) is 0 Å². The minimum absolute atomic E-state index is 0. The standard InChI is InChI=1S/2C23H28P.2ClH.Zr/c2*1-5-17(3)24(18(4)6-2)21-15-20-13-10-14-22(23(20)16-21)19-11-8-7-9-12-19;;;/h2*7-18H,5-6H2,1-4H3;2*1H;/q;;;;+2/p-2. The third-order valence-corrected chi connectivity index (χ3v) is 24.6. The maximum absolute atomic E-state index is 2.75. The summed E-state index contributed by atoms with van der Waals surface area (Å²) in [7, 11) is -0.505. The van der Waals surface area contributed by atoms with Crippen LogP contribution in [0.4, 0.5) is 0 Å². The Labute approximate surface area is 336 Å². The van der Waals surface area contributed by atoms with E-state index < -0.39 is 23.2 Å². The molecule has 6 atom stereocenters. The fraction of sp³-hybridized carbons (Fsp3) is 0.391. The van der Waals surface area contributed by atoms with E-state index in [1.807, 2.05) is 10.6 Å². The number of fused-ring (bicyclic) bond motifs is 2. The van der Waals surface area contributed by atoms with Gasteiger partial charge in [-0.15, -0.1) is 0 Å². The van der Waals surface area contributed by atoms with Crippen molar-refractivity contribution in [3.8, 4) is 22.3 Å². The summed E-state index contributed by atoms with van der Waals surface area (Å²) in [6, 6.07) is 37.0. The van der Waals surface area contributed by atoms with E-state index in [9.17, 15) is 0 Å². The molecule has 6 rings (SSSR count). The molecule has 0 aromatic heterocycles. The average molecular weight is 833 g/mol. The zero-order chi connectivity index (χ0) is 34.7. The number of rotatable bonds is 14. The summed E-state index contributed by atoms with van der Waals surface area (Å²) >= 11 is -1.10. The molecule has 0 bridgehead atoms. The van der Waals surface area contributed by atoms with Gasteiger partial charge in [0, 0.05) is 0 Å². The quantitative estimate of drug-likeness (QED) is 0.112. The van der Waals surface area contributed by atoms with Gasteiger partial charge in [0.2, 0.25) is 0 Å². The molecule has 268 valence electrons. The molecular weight excluding hydrogens is 777 g/mol. The number of allylic oxidation sites excluding steroid dienone is 2. The van der Waals surface area contributed by atoms with Gasteiger partial charge in [-0.1, -0.05) is 0 Å². The largest absolute Gasteiger partial charge is 1.00 e. The van der Waals surface area contributed by atoms with Crippen molar-refractivity contribution in [3.63, 3.8) is 0 Å². The van der Waals surface area contributed by atoms with Gasteiger partial charge in [-0.3, -0.25) is 0 Å². The van der Waals surface area contributed by atoms with Gasteiger partial charge in [-0.25, -0.2) is 0 Å². The number of hydrogen-bond donors (Lipinski definition) is 0. The molecule has 51 heavy (non-hydrogen) atoms. The molecule has 0 radical (unpaired) electrons. The Balaban J connectivity index is 0.00000292. The zero-order valence-electron chi connectivity index (χ0n) is 31.8. The first-order chi connectivity index (χ1) is 23.8. The van der Waals surface area contributed by atoms with Crippen molar-refractivity contribution in [2.24, 2.45) is 0 Å². The van der Waals surface area contributed by atoms with E-state index in [4.69, 9.17) is 0 Å². The Bertz CT molecular complexity index is 1630. The molecule has 0 N–H and O–H groups in total. The fourth-order valence-electron chi connectivity index (χ4n) is 8.15. The van der Waals surface area contributed by atoms with Crippen molar-refractivity contribution >= 4 is 28.0 Å². The normalized spacial score (nSPS) is 19.5. The Kier molecular flexibility index (Phi) is 16.1. The summed E-state index contributed by atoms with van der Waals surface area (Å²) in [5.74, 6) is 0. The molecule has 0 saturated carbocycles. The van der Waals surface area contributed by atoms with Gasteiger partial charge in [-0.05, 0) is 0 Å². The van der Waals surface area contributed by atoms with Gasteiger partial charge in [0.15, 0.2) is 0 Å². The van der Waals surface area contributed by atoms with Crippen molar-refractivity contribution in [2.45, 2.75) is 111 Å². The summed E-state index contributed by atoms with van der Waals surface area (Å²) in [4.78, 5) is 0. The Morgan fingerprint density at radius 1 is 0.471 bits per heavy atom. The number of benzene rings is 4. The van der Waals surface area contributed by atoms with E-state index in [0.717, 1.165) is 22.6 Å². The maximum Gasteiger partial charge on any atom is -1.00 e. The Hall–Kier alpha value is -1.32. The van der Waals surface area contributed by atoms with Crippen LogP contribution in [0.3, 0.4) is 0 Å². The molecule has 0 saturated heterocycles. The number of halogens is 2. The van der Waals surface area contributed by atoms with Gasteiger partial charge < -0.3 is 24.8 Å². The van der Waals surface area contributed by atoms with Crippen LogP contribution in [-0.4, -0.2) is 22.6 Å². The van der Waals surface area contributed by atoms with Crippen LogP contribution in [0.25, 0.3) is 34.4 Å². The smallest absolute Gasteiger partial charge is 1.00 e. The summed E-state index contributed by atoms with van der Waals surface area (Å²) < 4.78 is 1.23. The van der Waals surface area contributed by atoms with Crippen molar-refractivity contribution in [3.05, 3.63) is 130 Å². The molecule has 0 amide bonds. The van der Waals surface area contributed by atoms with Crippen molar-refractivity contribution in [1.82, 2.24) is 0 Å². The van der Waals surface area contributed by atoms with Gasteiger partial charge in [0.25, 0.3) is 0 Å². The van der Waals surface area contributed by atoms with Crippen LogP contribution in [0.2, 0.25) is 0 Å². The summed E-state index contributed by atoms with van der Waals surface area (Å²) in [6.45, 7) is 20.0.